The fourth-order valence-corrected chi connectivity index (χ4v) is 5.06. The molecule has 0 aromatic heterocycles. The van der Waals surface area contributed by atoms with Gasteiger partial charge in [-0.3, -0.25) is 9.69 Å². The van der Waals surface area contributed by atoms with E-state index in [1.54, 1.807) is 0 Å². The molecule has 162 valence electrons. The molecular weight excluding hydrogens is 370 g/mol. The third kappa shape index (κ3) is 6.05. The fourth-order valence-electron chi connectivity index (χ4n) is 5.06. The summed E-state index contributed by atoms with van der Waals surface area (Å²) < 4.78 is 0. The van der Waals surface area contributed by atoms with E-state index in [0.29, 0.717) is 5.91 Å². The second-order valence-electron chi connectivity index (χ2n) is 9.16. The molecule has 1 aromatic carbocycles. The highest BCUT2D eigenvalue weighted by Crippen LogP contribution is 2.24. The van der Waals surface area contributed by atoms with E-state index in [9.17, 15) is 4.79 Å². The Bertz CT molecular complexity index is 713. The van der Waals surface area contributed by atoms with Gasteiger partial charge in [0.1, 0.15) is 0 Å². The second kappa shape index (κ2) is 10.9. The highest BCUT2D eigenvalue weighted by atomic mass is 16.2. The summed E-state index contributed by atoms with van der Waals surface area (Å²) in [6, 6.07) is 10.4. The van der Waals surface area contributed by atoms with Crippen LogP contribution in [0.2, 0.25) is 0 Å². The molecule has 0 N–H and O–H groups in total. The molecule has 0 radical (unpaired) electrons. The maximum absolute atomic E-state index is 13.0. The Morgan fingerprint density at radius 2 is 1.67 bits per heavy atom. The molecule has 2 fully saturated rings. The van der Waals surface area contributed by atoms with Crippen molar-refractivity contribution in [2.24, 2.45) is 11.8 Å². The van der Waals surface area contributed by atoms with Crippen LogP contribution in [0.4, 0.5) is 0 Å². The Kier molecular flexibility index (Phi) is 7.76. The van der Waals surface area contributed by atoms with Gasteiger partial charge in [0.05, 0.1) is 0 Å². The molecule has 1 unspecified atom stereocenters. The number of piperidine rings is 1. The van der Waals surface area contributed by atoms with E-state index in [1.807, 2.05) is 6.07 Å². The van der Waals surface area contributed by atoms with E-state index in [2.05, 4.69) is 63.3 Å². The van der Waals surface area contributed by atoms with Gasteiger partial charge in [-0.05, 0) is 56.7 Å². The van der Waals surface area contributed by atoms with E-state index in [4.69, 9.17) is 0 Å². The summed E-state index contributed by atoms with van der Waals surface area (Å²) >= 11 is 0. The van der Waals surface area contributed by atoms with Crippen LogP contribution in [0.5, 0.6) is 0 Å². The number of carbonyl (C=O) groups excluding carboxylic acids is 1. The predicted molar refractivity (Wildman–Crippen MR) is 124 cm³/mol. The molecule has 0 spiro atoms. The number of rotatable bonds is 6. The molecule has 2 heterocycles. The lowest BCUT2D eigenvalue weighted by atomic mass is 9.91. The van der Waals surface area contributed by atoms with Crippen LogP contribution in [-0.2, 0) is 4.79 Å². The van der Waals surface area contributed by atoms with Crippen LogP contribution in [0.1, 0.15) is 37.7 Å². The van der Waals surface area contributed by atoms with Crippen LogP contribution in [0.25, 0.3) is 6.08 Å². The lowest BCUT2D eigenvalue weighted by Gasteiger charge is -2.39. The summed E-state index contributed by atoms with van der Waals surface area (Å²) in [6.45, 7) is 8.12. The molecule has 1 amide bonds. The van der Waals surface area contributed by atoms with Gasteiger partial charge < -0.3 is 9.80 Å². The van der Waals surface area contributed by atoms with E-state index >= 15 is 0 Å². The molecule has 4 nitrogen and oxygen atoms in total. The lowest BCUT2D eigenvalue weighted by Crippen LogP contribution is -2.51. The van der Waals surface area contributed by atoms with Crippen LogP contribution in [0, 0.1) is 11.8 Å². The van der Waals surface area contributed by atoms with E-state index in [0.717, 1.165) is 64.6 Å². The summed E-state index contributed by atoms with van der Waals surface area (Å²) in [6.07, 6.45) is 15.0. The highest BCUT2D eigenvalue weighted by molar-refractivity contribution is 5.79. The number of hydrogen-bond donors (Lipinski definition) is 0. The molecule has 1 atom stereocenters. The second-order valence-corrected chi connectivity index (χ2v) is 9.16. The molecule has 1 aromatic rings. The van der Waals surface area contributed by atoms with Crippen molar-refractivity contribution >= 4 is 12.0 Å². The predicted octanol–water partition coefficient (Wildman–Crippen LogP) is 3.91. The Morgan fingerprint density at radius 1 is 0.900 bits per heavy atom. The number of amides is 1. The van der Waals surface area contributed by atoms with Gasteiger partial charge >= 0.3 is 0 Å². The normalized spacial score (nSPS) is 24.5. The SMILES string of the molecule is O=C(C1CCN(CC2CC=CCC2)CC1)N1CCN(CC=Cc2ccccc2)CC1. The summed E-state index contributed by atoms with van der Waals surface area (Å²) in [5.41, 5.74) is 1.25. The first-order chi connectivity index (χ1) is 14.8. The van der Waals surface area contributed by atoms with E-state index < -0.39 is 0 Å². The third-order valence-electron chi connectivity index (χ3n) is 6.99. The molecule has 4 heteroatoms. The summed E-state index contributed by atoms with van der Waals surface area (Å²) in [4.78, 5) is 20.2. The molecular formula is C26H37N3O. The van der Waals surface area contributed by atoms with Crippen LogP contribution in [0.3, 0.4) is 0 Å². The van der Waals surface area contributed by atoms with Gasteiger partial charge in [-0.15, -0.1) is 0 Å². The van der Waals surface area contributed by atoms with Crippen LogP contribution in [-0.4, -0.2) is 73.0 Å². The summed E-state index contributed by atoms with van der Waals surface area (Å²) in [5, 5.41) is 0. The largest absolute Gasteiger partial charge is 0.340 e. The molecule has 30 heavy (non-hydrogen) atoms. The smallest absolute Gasteiger partial charge is 0.225 e. The van der Waals surface area contributed by atoms with Crippen molar-refractivity contribution < 1.29 is 4.79 Å². The number of benzene rings is 1. The minimum Gasteiger partial charge on any atom is -0.340 e. The number of likely N-dealkylation sites (tertiary alicyclic amines) is 1. The molecule has 3 aliphatic rings. The molecule has 2 saturated heterocycles. The van der Waals surface area contributed by atoms with Crippen molar-refractivity contribution in [1.29, 1.82) is 0 Å². The maximum Gasteiger partial charge on any atom is 0.225 e. The zero-order chi connectivity index (χ0) is 20.6. The first-order valence-electron chi connectivity index (χ1n) is 11.9. The minimum absolute atomic E-state index is 0.247. The Hall–Kier alpha value is -1.91. The van der Waals surface area contributed by atoms with Gasteiger partial charge in [-0.1, -0.05) is 54.6 Å². The quantitative estimate of drug-likeness (QED) is 0.669. The van der Waals surface area contributed by atoms with Crippen molar-refractivity contribution in [3.05, 3.63) is 54.1 Å². The average Bonchev–Trinajstić information content (AvgIpc) is 2.81. The van der Waals surface area contributed by atoms with Crippen molar-refractivity contribution in [3.63, 3.8) is 0 Å². The number of carbonyl (C=O) groups is 1. The van der Waals surface area contributed by atoms with Gasteiger partial charge in [0.2, 0.25) is 5.91 Å². The van der Waals surface area contributed by atoms with E-state index in [1.165, 1.54) is 31.4 Å². The highest BCUT2D eigenvalue weighted by Gasteiger charge is 2.30. The fraction of sp³-hybridized carbons (Fsp3) is 0.577. The van der Waals surface area contributed by atoms with Crippen molar-refractivity contribution in [2.45, 2.75) is 32.1 Å². The Labute approximate surface area is 182 Å². The standard InChI is InChI=1S/C26H37N3O/c30-26(25-13-16-28(17-14-25)22-24-10-5-2-6-11-24)29-20-18-27(19-21-29)15-7-12-23-8-3-1-4-9-23/h1-5,7-9,12,24-25H,6,10-11,13-22H2. The molecule has 0 bridgehead atoms. The number of nitrogens with zero attached hydrogens (tertiary/aromatic N) is 3. The monoisotopic (exact) mass is 407 g/mol. The van der Waals surface area contributed by atoms with Crippen LogP contribution < -0.4 is 0 Å². The zero-order valence-electron chi connectivity index (χ0n) is 18.3. The minimum atomic E-state index is 0.247. The number of piperazine rings is 1. The summed E-state index contributed by atoms with van der Waals surface area (Å²) in [5.74, 6) is 1.48. The summed E-state index contributed by atoms with van der Waals surface area (Å²) in [7, 11) is 0. The molecule has 2 aliphatic heterocycles. The first kappa shape index (κ1) is 21.3. The maximum atomic E-state index is 13.0. The van der Waals surface area contributed by atoms with Gasteiger partial charge in [0.25, 0.3) is 0 Å². The Morgan fingerprint density at radius 3 is 2.37 bits per heavy atom. The van der Waals surface area contributed by atoms with Gasteiger partial charge in [-0.2, -0.15) is 0 Å². The van der Waals surface area contributed by atoms with E-state index in [-0.39, 0.29) is 5.92 Å². The van der Waals surface area contributed by atoms with Gasteiger partial charge in [0, 0.05) is 45.2 Å². The van der Waals surface area contributed by atoms with Gasteiger partial charge in [0.15, 0.2) is 0 Å². The third-order valence-corrected chi connectivity index (χ3v) is 6.99. The molecule has 4 rings (SSSR count). The van der Waals surface area contributed by atoms with Crippen molar-refractivity contribution in [3.8, 4) is 0 Å². The average molecular weight is 408 g/mol. The van der Waals surface area contributed by atoms with Gasteiger partial charge in [-0.25, -0.2) is 0 Å². The Balaban J connectivity index is 1.15. The molecule has 0 saturated carbocycles. The zero-order valence-corrected chi connectivity index (χ0v) is 18.3. The number of hydrogen-bond acceptors (Lipinski definition) is 3. The van der Waals surface area contributed by atoms with Crippen LogP contribution in [0.15, 0.2) is 48.6 Å². The first-order valence-corrected chi connectivity index (χ1v) is 11.9. The van der Waals surface area contributed by atoms with Crippen molar-refractivity contribution in [2.75, 3.05) is 52.4 Å². The van der Waals surface area contributed by atoms with Crippen molar-refractivity contribution in [1.82, 2.24) is 14.7 Å². The lowest BCUT2D eigenvalue weighted by molar-refractivity contribution is -0.138. The van der Waals surface area contributed by atoms with Crippen LogP contribution >= 0.6 is 0 Å². The topological polar surface area (TPSA) is 26.8 Å². The number of allylic oxidation sites excluding steroid dienone is 2. The molecule has 1 aliphatic carbocycles.